The number of carbonyl (C=O) groups excluding carboxylic acids is 1. The van der Waals surface area contributed by atoms with Crippen molar-refractivity contribution < 1.29 is 14.6 Å². The largest absolute Gasteiger partial charge is 0.396 e. The Morgan fingerprint density at radius 1 is 1.41 bits per heavy atom. The molecule has 1 unspecified atom stereocenters. The van der Waals surface area contributed by atoms with Gasteiger partial charge in [-0.15, -0.1) is 11.8 Å². The predicted molar refractivity (Wildman–Crippen MR) is 118 cm³/mol. The number of fused-ring (bicyclic) bond motifs is 1. The third-order valence-electron chi connectivity index (χ3n) is 4.62. The van der Waals surface area contributed by atoms with Crippen molar-refractivity contribution in [3.05, 3.63) is 45.2 Å². The van der Waals surface area contributed by atoms with E-state index in [1.165, 1.54) is 27.9 Å². The highest BCUT2D eigenvalue weighted by molar-refractivity contribution is 8.26. The number of nitrogens with zero attached hydrogens (tertiary/aromatic N) is 3. The first-order valence-electron chi connectivity index (χ1n) is 9.20. The molecule has 2 saturated heterocycles. The summed E-state index contributed by atoms with van der Waals surface area (Å²) in [5, 5.41) is 9.68. The Balaban J connectivity index is 1.71. The topological polar surface area (TPSA) is 84.1 Å². The van der Waals surface area contributed by atoms with E-state index >= 15 is 0 Å². The maximum atomic E-state index is 13.1. The van der Waals surface area contributed by atoms with Crippen molar-refractivity contribution in [3.8, 4) is 0 Å². The van der Waals surface area contributed by atoms with E-state index in [2.05, 4.69) is 4.98 Å². The lowest BCUT2D eigenvalue weighted by Crippen LogP contribution is -2.35. The van der Waals surface area contributed by atoms with E-state index in [9.17, 15) is 14.7 Å². The van der Waals surface area contributed by atoms with Gasteiger partial charge in [0.25, 0.3) is 11.5 Å². The Morgan fingerprint density at radius 3 is 3.03 bits per heavy atom. The maximum Gasteiger partial charge on any atom is 0.266 e. The number of aliphatic hydroxyl groups excluding tert-OH is 1. The summed E-state index contributed by atoms with van der Waals surface area (Å²) in [4.78, 5) is 32.5. The number of pyridine rings is 1. The van der Waals surface area contributed by atoms with Gasteiger partial charge in [0.15, 0.2) is 0 Å². The van der Waals surface area contributed by atoms with E-state index in [-0.39, 0.29) is 24.2 Å². The van der Waals surface area contributed by atoms with Gasteiger partial charge in [0.1, 0.15) is 15.0 Å². The molecular weight excluding hydrogens is 430 g/mol. The molecule has 1 amide bonds. The second-order valence-electron chi connectivity index (χ2n) is 6.56. The van der Waals surface area contributed by atoms with Crippen molar-refractivity contribution in [2.75, 3.05) is 25.5 Å². The van der Waals surface area contributed by atoms with E-state index in [1.807, 2.05) is 0 Å². The highest BCUT2D eigenvalue weighted by Crippen LogP contribution is 2.34. The van der Waals surface area contributed by atoms with Crippen LogP contribution in [0.5, 0.6) is 0 Å². The number of thioether (sulfide) groups is 2. The van der Waals surface area contributed by atoms with Crippen molar-refractivity contribution in [2.24, 2.45) is 0 Å². The zero-order valence-electron chi connectivity index (χ0n) is 15.4. The van der Waals surface area contributed by atoms with Crippen LogP contribution in [0.4, 0.5) is 0 Å². The predicted octanol–water partition coefficient (Wildman–Crippen LogP) is 2.16. The van der Waals surface area contributed by atoms with E-state index in [0.717, 1.165) is 12.8 Å². The van der Waals surface area contributed by atoms with Crippen LogP contribution in [-0.4, -0.2) is 61.2 Å². The number of aliphatic hydroxyl groups is 1. The molecular formula is C19H19N3O4S3. The zero-order chi connectivity index (χ0) is 20.4. The average Bonchev–Trinajstić information content (AvgIpc) is 3.33. The summed E-state index contributed by atoms with van der Waals surface area (Å²) in [6.07, 6.45) is 5.11. The normalized spacial score (nSPS) is 21.1. The number of hydrogen-bond acceptors (Lipinski definition) is 8. The van der Waals surface area contributed by atoms with Gasteiger partial charge in [0.05, 0.1) is 29.7 Å². The molecule has 1 atom stereocenters. The van der Waals surface area contributed by atoms with Crippen LogP contribution in [-0.2, 0) is 9.53 Å². The lowest BCUT2D eigenvalue weighted by Gasteiger charge is -2.18. The summed E-state index contributed by atoms with van der Waals surface area (Å²) < 4.78 is 7.54. The molecule has 4 heterocycles. The van der Waals surface area contributed by atoms with Gasteiger partial charge in [-0.25, -0.2) is 4.98 Å². The summed E-state index contributed by atoms with van der Waals surface area (Å²) in [5.74, 6) is 0.183. The molecule has 0 aliphatic carbocycles. The lowest BCUT2D eigenvalue weighted by molar-refractivity contribution is -0.123. The molecule has 152 valence electrons. The molecule has 2 aliphatic heterocycles. The first-order valence-corrected chi connectivity index (χ1v) is 11.4. The number of thiocarbonyl (C=S) groups is 1. The summed E-state index contributed by atoms with van der Waals surface area (Å²) in [6, 6.07) is 5.30. The molecule has 0 bridgehead atoms. The summed E-state index contributed by atoms with van der Waals surface area (Å²) >= 11 is 7.86. The molecule has 0 saturated carbocycles. The Kier molecular flexibility index (Phi) is 6.35. The van der Waals surface area contributed by atoms with Crippen LogP contribution in [0.3, 0.4) is 0 Å². The molecule has 0 aromatic carbocycles. The van der Waals surface area contributed by atoms with E-state index in [0.29, 0.717) is 44.4 Å². The third-order valence-corrected chi connectivity index (χ3v) is 6.97. The Labute approximate surface area is 181 Å². The number of amides is 1. The van der Waals surface area contributed by atoms with Gasteiger partial charge < -0.3 is 9.84 Å². The minimum absolute atomic E-state index is 0.000446. The molecule has 1 N–H and O–H groups in total. The quantitative estimate of drug-likeness (QED) is 0.311. The minimum Gasteiger partial charge on any atom is -0.396 e. The fourth-order valence-corrected chi connectivity index (χ4v) is 5.24. The average molecular weight is 450 g/mol. The number of aromatic nitrogens is 2. The highest BCUT2D eigenvalue weighted by Gasteiger charge is 2.35. The number of hydrogen-bond donors (Lipinski definition) is 1. The van der Waals surface area contributed by atoms with Crippen LogP contribution >= 0.6 is 35.7 Å². The van der Waals surface area contributed by atoms with Gasteiger partial charge in [-0.1, -0.05) is 30.0 Å². The SMILES string of the molecule is O=C1C(=Cc2c(SCCO)nc3ccccn3c2=O)SC(=S)N1CC1CCCO1. The van der Waals surface area contributed by atoms with Crippen LogP contribution < -0.4 is 5.56 Å². The second kappa shape index (κ2) is 8.97. The van der Waals surface area contributed by atoms with E-state index in [1.54, 1.807) is 35.4 Å². The van der Waals surface area contributed by atoms with Crippen molar-refractivity contribution in [1.29, 1.82) is 0 Å². The maximum absolute atomic E-state index is 13.1. The molecule has 2 aliphatic rings. The zero-order valence-corrected chi connectivity index (χ0v) is 17.9. The van der Waals surface area contributed by atoms with Crippen molar-refractivity contribution in [2.45, 2.75) is 24.0 Å². The molecule has 0 spiro atoms. The fourth-order valence-electron chi connectivity index (χ4n) is 3.24. The van der Waals surface area contributed by atoms with Crippen molar-refractivity contribution in [1.82, 2.24) is 14.3 Å². The smallest absolute Gasteiger partial charge is 0.266 e. The molecule has 4 rings (SSSR count). The molecule has 29 heavy (non-hydrogen) atoms. The first-order chi connectivity index (χ1) is 14.1. The lowest BCUT2D eigenvalue weighted by atomic mass is 10.2. The summed E-state index contributed by atoms with van der Waals surface area (Å²) in [5.41, 5.74) is 0.575. The van der Waals surface area contributed by atoms with Crippen LogP contribution in [0.1, 0.15) is 18.4 Å². The van der Waals surface area contributed by atoms with Gasteiger partial charge in [-0.2, -0.15) is 0 Å². The molecule has 7 nitrogen and oxygen atoms in total. The van der Waals surface area contributed by atoms with Crippen molar-refractivity contribution >= 4 is 57.7 Å². The van der Waals surface area contributed by atoms with Crippen molar-refractivity contribution in [3.63, 3.8) is 0 Å². The van der Waals surface area contributed by atoms with Gasteiger partial charge in [0.2, 0.25) is 0 Å². The van der Waals surface area contributed by atoms with Crippen LogP contribution in [0.15, 0.2) is 39.1 Å². The van der Waals surface area contributed by atoms with Gasteiger partial charge in [-0.3, -0.25) is 18.9 Å². The van der Waals surface area contributed by atoms with Gasteiger partial charge >= 0.3 is 0 Å². The van der Waals surface area contributed by atoms with Gasteiger partial charge in [0, 0.05) is 18.6 Å². The first kappa shape index (κ1) is 20.5. The summed E-state index contributed by atoms with van der Waals surface area (Å²) in [6.45, 7) is 1.10. The number of carbonyl (C=O) groups is 1. The molecule has 10 heteroatoms. The Bertz CT molecular complexity index is 1050. The third kappa shape index (κ3) is 4.26. The fraction of sp³-hybridized carbons (Fsp3) is 0.368. The van der Waals surface area contributed by atoms with Gasteiger partial charge in [-0.05, 0) is 31.1 Å². The van der Waals surface area contributed by atoms with Crippen LogP contribution in [0.25, 0.3) is 11.7 Å². The van der Waals surface area contributed by atoms with Crippen LogP contribution in [0, 0.1) is 0 Å². The van der Waals surface area contributed by atoms with E-state index < -0.39 is 0 Å². The molecule has 2 aromatic rings. The Morgan fingerprint density at radius 2 is 2.28 bits per heavy atom. The number of ether oxygens (including phenoxy) is 1. The standard InChI is InChI=1S/C19H19N3O4S3/c23-7-9-28-16-13(17(24)21-6-2-1-5-15(21)20-16)10-14-18(25)22(19(27)29-14)11-12-4-3-8-26-12/h1-2,5-6,10,12,23H,3-4,7-9,11H2. The number of rotatable bonds is 6. The minimum atomic E-state index is -0.263. The molecule has 2 aromatic heterocycles. The Hall–Kier alpha value is -1.72. The second-order valence-corrected chi connectivity index (χ2v) is 9.32. The van der Waals surface area contributed by atoms with E-state index in [4.69, 9.17) is 17.0 Å². The summed E-state index contributed by atoms with van der Waals surface area (Å²) in [7, 11) is 0. The van der Waals surface area contributed by atoms with Crippen LogP contribution in [0.2, 0.25) is 0 Å². The monoisotopic (exact) mass is 449 g/mol. The molecule has 2 fully saturated rings. The molecule has 0 radical (unpaired) electrons. The highest BCUT2D eigenvalue weighted by atomic mass is 32.2.